The Morgan fingerprint density at radius 2 is 2.05 bits per heavy atom. The molecule has 1 unspecified atom stereocenters. The number of nitro groups is 1. The van der Waals surface area contributed by atoms with E-state index in [0.29, 0.717) is 5.92 Å². The number of fused-ring (bicyclic) bond motifs is 1. The molecular formula is C14H18N4O2. The smallest absolute Gasteiger partial charge is 0.226 e. The van der Waals surface area contributed by atoms with Crippen LogP contribution in [0.3, 0.4) is 0 Å². The van der Waals surface area contributed by atoms with Gasteiger partial charge in [-0.2, -0.15) is 0 Å². The zero-order chi connectivity index (χ0) is 13.9. The van der Waals surface area contributed by atoms with Crippen LogP contribution in [0.4, 0.5) is 0 Å². The maximum Gasteiger partial charge on any atom is 0.226 e. The van der Waals surface area contributed by atoms with Crippen molar-refractivity contribution in [3.05, 3.63) is 34.4 Å². The molecule has 0 N–H and O–H groups in total. The fraction of sp³-hybridized carbons (Fsp3) is 0.571. The zero-order valence-corrected chi connectivity index (χ0v) is 11.3. The summed E-state index contributed by atoms with van der Waals surface area (Å²) in [5.74, 6) is 0.333. The van der Waals surface area contributed by atoms with Crippen LogP contribution in [0.1, 0.15) is 38.1 Å². The summed E-state index contributed by atoms with van der Waals surface area (Å²) in [5.41, 5.74) is 1.70. The van der Waals surface area contributed by atoms with Gasteiger partial charge in [-0.05, 0) is 30.9 Å². The SMILES string of the molecule is O=[N+]([O-])CC(C1CCCCC1)n1nnc2ccccc21. The maximum atomic E-state index is 11.0. The van der Waals surface area contributed by atoms with Crippen molar-refractivity contribution in [3.8, 4) is 0 Å². The Morgan fingerprint density at radius 3 is 2.80 bits per heavy atom. The molecule has 6 heteroatoms. The highest BCUT2D eigenvalue weighted by atomic mass is 16.6. The number of nitrogens with zero attached hydrogens (tertiary/aromatic N) is 4. The van der Waals surface area contributed by atoms with Crippen molar-refractivity contribution in [1.29, 1.82) is 0 Å². The van der Waals surface area contributed by atoms with E-state index in [0.717, 1.165) is 36.7 Å². The van der Waals surface area contributed by atoms with E-state index in [9.17, 15) is 10.1 Å². The predicted octanol–water partition coefficient (Wildman–Crippen LogP) is 2.83. The van der Waals surface area contributed by atoms with Gasteiger partial charge in [0.2, 0.25) is 6.54 Å². The van der Waals surface area contributed by atoms with Crippen molar-refractivity contribution in [3.63, 3.8) is 0 Å². The highest BCUT2D eigenvalue weighted by Gasteiger charge is 2.31. The van der Waals surface area contributed by atoms with E-state index in [1.165, 1.54) is 6.42 Å². The standard InChI is InChI=1S/C14H18N4O2/c19-17(20)10-14(11-6-2-1-3-7-11)18-13-9-5-4-8-12(13)15-16-18/h4-5,8-9,11,14H,1-3,6-7,10H2. The third kappa shape index (κ3) is 2.50. The first-order valence-electron chi connectivity index (χ1n) is 7.17. The summed E-state index contributed by atoms with van der Waals surface area (Å²) >= 11 is 0. The average molecular weight is 274 g/mol. The molecule has 0 bridgehead atoms. The molecule has 2 aromatic rings. The fourth-order valence-electron chi connectivity index (χ4n) is 3.23. The zero-order valence-electron chi connectivity index (χ0n) is 11.3. The van der Waals surface area contributed by atoms with Crippen LogP contribution in [0.2, 0.25) is 0 Å². The molecule has 1 aromatic carbocycles. The first kappa shape index (κ1) is 13.0. The number of rotatable bonds is 4. The molecule has 1 heterocycles. The minimum atomic E-state index is -0.226. The molecule has 0 amide bonds. The Bertz CT molecular complexity index is 604. The van der Waals surface area contributed by atoms with Crippen molar-refractivity contribution in [2.75, 3.05) is 6.54 Å². The summed E-state index contributed by atoms with van der Waals surface area (Å²) in [6.45, 7) is -0.0714. The van der Waals surface area contributed by atoms with Crippen LogP contribution in [-0.2, 0) is 0 Å². The van der Waals surface area contributed by atoms with E-state index in [1.807, 2.05) is 24.3 Å². The van der Waals surface area contributed by atoms with E-state index in [4.69, 9.17) is 0 Å². The molecule has 1 saturated carbocycles. The lowest BCUT2D eigenvalue weighted by Crippen LogP contribution is -2.29. The topological polar surface area (TPSA) is 73.8 Å². The lowest BCUT2D eigenvalue weighted by atomic mass is 9.84. The second kappa shape index (κ2) is 5.56. The quantitative estimate of drug-likeness (QED) is 0.634. The molecular weight excluding hydrogens is 256 g/mol. The van der Waals surface area contributed by atoms with Gasteiger partial charge in [-0.1, -0.05) is 36.6 Å². The van der Waals surface area contributed by atoms with Crippen LogP contribution >= 0.6 is 0 Å². The Kier molecular flexibility index (Phi) is 3.62. The minimum absolute atomic E-state index is 0.0714. The van der Waals surface area contributed by atoms with Gasteiger partial charge in [0, 0.05) is 4.92 Å². The van der Waals surface area contributed by atoms with Gasteiger partial charge in [0.15, 0.2) is 0 Å². The first-order chi connectivity index (χ1) is 9.75. The van der Waals surface area contributed by atoms with Crippen LogP contribution in [0.5, 0.6) is 0 Å². The molecule has 106 valence electrons. The van der Waals surface area contributed by atoms with E-state index >= 15 is 0 Å². The van der Waals surface area contributed by atoms with Gasteiger partial charge in [-0.15, -0.1) is 5.10 Å². The van der Waals surface area contributed by atoms with Crippen LogP contribution in [0.15, 0.2) is 24.3 Å². The van der Waals surface area contributed by atoms with Gasteiger partial charge in [0.05, 0.1) is 5.52 Å². The third-order valence-corrected chi connectivity index (χ3v) is 4.22. The summed E-state index contributed by atoms with van der Waals surface area (Å²) in [5, 5.41) is 19.3. The van der Waals surface area contributed by atoms with Crippen LogP contribution in [0.25, 0.3) is 11.0 Å². The number of para-hydroxylation sites is 1. The average Bonchev–Trinajstić information content (AvgIpc) is 2.89. The lowest BCUT2D eigenvalue weighted by Gasteiger charge is -2.27. The second-order valence-electron chi connectivity index (χ2n) is 5.50. The van der Waals surface area contributed by atoms with Gasteiger partial charge in [0.1, 0.15) is 11.6 Å². The van der Waals surface area contributed by atoms with Crippen molar-refractivity contribution >= 4 is 11.0 Å². The number of benzene rings is 1. The summed E-state index contributed by atoms with van der Waals surface area (Å²) in [7, 11) is 0. The Balaban J connectivity index is 1.97. The molecule has 20 heavy (non-hydrogen) atoms. The monoisotopic (exact) mass is 274 g/mol. The van der Waals surface area contributed by atoms with E-state index < -0.39 is 0 Å². The first-order valence-corrected chi connectivity index (χ1v) is 7.17. The van der Waals surface area contributed by atoms with Gasteiger partial charge in [-0.3, -0.25) is 10.1 Å². The molecule has 1 fully saturated rings. The van der Waals surface area contributed by atoms with E-state index in [2.05, 4.69) is 10.3 Å². The van der Waals surface area contributed by atoms with Crippen molar-refractivity contribution < 1.29 is 4.92 Å². The highest BCUT2D eigenvalue weighted by molar-refractivity contribution is 5.73. The molecule has 0 spiro atoms. The van der Waals surface area contributed by atoms with Crippen LogP contribution in [0, 0.1) is 16.0 Å². The van der Waals surface area contributed by atoms with Gasteiger partial charge < -0.3 is 0 Å². The van der Waals surface area contributed by atoms with Gasteiger partial charge in [-0.25, -0.2) is 4.68 Å². The molecule has 0 aliphatic heterocycles. The van der Waals surface area contributed by atoms with Crippen molar-refractivity contribution in [2.24, 2.45) is 5.92 Å². The third-order valence-electron chi connectivity index (χ3n) is 4.22. The maximum absolute atomic E-state index is 11.0. The molecule has 6 nitrogen and oxygen atoms in total. The Morgan fingerprint density at radius 1 is 1.30 bits per heavy atom. The van der Waals surface area contributed by atoms with Crippen molar-refractivity contribution in [2.45, 2.75) is 38.1 Å². The summed E-state index contributed by atoms with van der Waals surface area (Å²) < 4.78 is 1.77. The fourth-order valence-corrected chi connectivity index (χ4v) is 3.23. The molecule has 1 atom stereocenters. The lowest BCUT2D eigenvalue weighted by molar-refractivity contribution is -0.488. The number of hydrogen-bond acceptors (Lipinski definition) is 4. The predicted molar refractivity (Wildman–Crippen MR) is 75.0 cm³/mol. The highest BCUT2D eigenvalue weighted by Crippen LogP contribution is 2.34. The molecule has 3 rings (SSSR count). The normalized spacial score (nSPS) is 18.2. The molecule has 0 saturated heterocycles. The van der Waals surface area contributed by atoms with Gasteiger partial charge >= 0.3 is 0 Å². The Hall–Kier alpha value is -1.98. The number of hydrogen-bond donors (Lipinski definition) is 0. The minimum Gasteiger partial charge on any atom is -0.264 e. The molecule has 1 aromatic heterocycles. The molecule has 0 radical (unpaired) electrons. The second-order valence-corrected chi connectivity index (χ2v) is 5.50. The molecule has 1 aliphatic rings. The van der Waals surface area contributed by atoms with E-state index in [1.54, 1.807) is 4.68 Å². The summed E-state index contributed by atoms with van der Waals surface area (Å²) in [6.07, 6.45) is 5.65. The van der Waals surface area contributed by atoms with E-state index in [-0.39, 0.29) is 17.5 Å². The van der Waals surface area contributed by atoms with Crippen molar-refractivity contribution in [1.82, 2.24) is 15.0 Å². The van der Waals surface area contributed by atoms with Crippen LogP contribution in [-0.4, -0.2) is 26.5 Å². The molecule has 1 aliphatic carbocycles. The summed E-state index contributed by atoms with van der Waals surface area (Å²) in [6, 6.07) is 7.47. The van der Waals surface area contributed by atoms with Crippen LogP contribution < -0.4 is 0 Å². The summed E-state index contributed by atoms with van der Waals surface area (Å²) in [4.78, 5) is 10.8. The largest absolute Gasteiger partial charge is 0.264 e. The number of aromatic nitrogens is 3. The van der Waals surface area contributed by atoms with Gasteiger partial charge in [0.25, 0.3) is 0 Å². The Labute approximate surface area is 116 Å².